The van der Waals surface area contributed by atoms with Crippen LogP contribution in [0.4, 0.5) is 16.2 Å². The summed E-state index contributed by atoms with van der Waals surface area (Å²) in [5, 5.41) is 3.60. The van der Waals surface area contributed by atoms with Gasteiger partial charge in [-0.15, -0.1) is 11.8 Å². The van der Waals surface area contributed by atoms with Crippen molar-refractivity contribution in [1.82, 2.24) is 9.47 Å². The number of urea groups is 1. The summed E-state index contributed by atoms with van der Waals surface area (Å²) >= 11 is 8.04. The zero-order valence-corrected chi connectivity index (χ0v) is 22.5. The van der Waals surface area contributed by atoms with Crippen LogP contribution in [0, 0.1) is 0 Å². The van der Waals surface area contributed by atoms with Crippen molar-refractivity contribution in [2.24, 2.45) is 0 Å². The minimum atomic E-state index is -0.380. The van der Waals surface area contributed by atoms with E-state index in [4.69, 9.17) is 11.6 Å². The van der Waals surface area contributed by atoms with E-state index in [1.807, 2.05) is 102 Å². The standard InChI is InChI=1S/C30H27ClN4O2S/c1-38-24-15-11-22(12-16-24)32-30(37)34(23-13-14-23)19-28(36)35-26-9-3-2-8-25(26)33-17-5-10-27(33)29(35)20-6-4-7-21(31)18-20/h2-12,15-18,23,29H,13-14,19H2,1H3,(H,32,37). The van der Waals surface area contributed by atoms with Gasteiger partial charge in [-0.05, 0) is 85.3 Å². The van der Waals surface area contributed by atoms with Crippen molar-refractivity contribution in [2.45, 2.75) is 29.8 Å². The fourth-order valence-corrected chi connectivity index (χ4v) is 5.71. The normalized spacial score (nSPS) is 15.9. The van der Waals surface area contributed by atoms with Gasteiger partial charge in [-0.25, -0.2) is 4.79 Å². The Labute approximate surface area is 231 Å². The van der Waals surface area contributed by atoms with Gasteiger partial charge in [0.2, 0.25) is 5.91 Å². The SMILES string of the molecule is CSc1ccc(NC(=O)N(CC(=O)N2c3ccccc3-n3cccc3C2c2cccc(Cl)c2)C2CC2)cc1. The summed E-state index contributed by atoms with van der Waals surface area (Å²) in [6, 6.07) is 26.7. The first-order valence-corrected chi connectivity index (χ1v) is 14.2. The number of halogens is 1. The minimum absolute atomic E-state index is 0.0223. The lowest BCUT2D eigenvalue weighted by molar-refractivity contribution is -0.119. The van der Waals surface area contributed by atoms with Gasteiger partial charge < -0.3 is 14.8 Å². The van der Waals surface area contributed by atoms with E-state index in [0.717, 1.165) is 40.4 Å². The molecule has 2 heterocycles. The number of thioether (sulfide) groups is 1. The first kappa shape index (κ1) is 24.6. The van der Waals surface area contributed by atoms with Crippen molar-refractivity contribution in [3.63, 3.8) is 0 Å². The third kappa shape index (κ3) is 4.68. The molecule has 3 amide bonds. The molecule has 4 aromatic rings. The van der Waals surface area contributed by atoms with Gasteiger partial charge in [-0.1, -0.05) is 35.9 Å². The van der Waals surface area contributed by atoms with Crippen LogP contribution in [0.15, 0.2) is 96.0 Å². The Bertz CT molecular complexity index is 1500. The monoisotopic (exact) mass is 542 g/mol. The van der Waals surface area contributed by atoms with Gasteiger partial charge in [0, 0.05) is 27.8 Å². The van der Waals surface area contributed by atoms with Crippen LogP contribution in [0.1, 0.15) is 30.1 Å². The summed E-state index contributed by atoms with van der Waals surface area (Å²) in [7, 11) is 0. The predicted octanol–water partition coefficient (Wildman–Crippen LogP) is 6.99. The molecule has 1 atom stereocenters. The fourth-order valence-electron chi connectivity index (χ4n) is 5.10. The Hall–Kier alpha value is -3.68. The quantitative estimate of drug-likeness (QED) is 0.267. The summed E-state index contributed by atoms with van der Waals surface area (Å²) in [5.41, 5.74) is 4.32. The van der Waals surface area contributed by atoms with E-state index >= 15 is 0 Å². The third-order valence-electron chi connectivity index (χ3n) is 7.05. The highest BCUT2D eigenvalue weighted by atomic mass is 35.5. The molecule has 2 aliphatic rings. The number of carbonyl (C=O) groups excluding carboxylic acids is 2. The third-order valence-corrected chi connectivity index (χ3v) is 8.03. The summed E-state index contributed by atoms with van der Waals surface area (Å²) in [4.78, 5) is 32.2. The number of para-hydroxylation sites is 2. The molecule has 0 radical (unpaired) electrons. The molecule has 3 aromatic carbocycles. The summed E-state index contributed by atoms with van der Waals surface area (Å²) in [6.07, 6.45) is 5.81. The van der Waals surface area contributed by atoms with Crippen LogP contribution in [0.3, 0.4) is 0 Å². The molecule has 192 valence electrons. The molecule has 1 saturated carbocycles. The molecule has 6 rings (SSSR count). The van der Waals surface area contributed by atoms with E-state index in [1.54, 1.807) is 16.7 Å². The Kier molecular flexibility index (Phi) is 6.64. The fraction of sp³-hybridized carbons (Fsp3) is 0.200. The number of amides is 3. The molecular weight excluding hydrogens is 516 g/mol. The highest BCUT2D eigenvalue weighted by molar-refractivity contribution is 7.98. The number of benzene rings is 3. The smallest absolute Gasteiger partial charge is 0.316 e. The number of nitrogens with one attached hydrogen (secondary N) is 1. The second-order valence-electron chi connectivity index (χ2n) is 9.53. The first-order valence-electron chi connectivity index (χ1n) is 12.6. The summed E-state index contributed by atoms with van der Waals surface area (Å²) < 4.78 is 2.12. The number of carbonyl (C=O) groups is 2. The highest BCUT2D eigenvalue weighted by Crippen LogP contribution is 2.43. The molecule has 1 fully saturated rings. The van der Waals surface area contributed by atoms with Gasteiger partial charge in [0.25, 0.3) is 0 Å². The second kappa shape index (κ2) is 10.2. The maximum Gasteiger partial charge on any atom is 0.322 e. The van der Waals surface area contributed by atoms with Gasteiger partial charge in [0.1, 0.15) is 12.6 Å². The number of hydrogen-bond donors (Lipinski definition) is 1. The van der Waals surface area contributed by atoms with Crippen molar-refractivity contribution < 1.29 is 9.59 Å². The molecule has 0 bridgehead atoms. The molecule has 6 nitrogen and oxygen atoms in total. The van der Waals surface area contributed by atoms with Crippen LogP contribution in [0.2, 0.25) is 5.02 Å². The molecular formula is C30H27ClN4O2S. The van der Waals surface area contributed by atoms with E-state index in [0.29, 0.717) is 10.7 Å². The van der Waals surface area contributed by atoms with Gasteiger partial charge >= 0.3 is 6.03 Å². The second-order valence-corrected chi connectivity index (χ2v) is 10.8. The van der Waals surface area contributed by atoms with Crippen LogP contribution >= 0.6 is 23.4 Å². The zero-order chi connectivity index (χ0) is 26.2. The zero-order valence-electron chi connectivity index (χ0n) is 20.9. The van der Waals surface area contributed by atoms with Crippen molar-refractivity contribution in [1.29, 1.82) is 0 Å². The summed E-state index contributed by atoms with van der Waals surface area (Å²) in [6.45, 7) is -0.0223. The van der Waals surface area contributed by atoms with E-state index in [-0.39, 0.29) is 30.6 Å². The van der Waals surface area contributed by atoms with Gasteiger partial charge in [-0.2, -0.15) is 0 Å². The lowest BCUT2D eigenvalue weighted by Gasteiger charge is -2.39. The molecule has 1 aliphatic heterocycles. The number of hydrogen-bond acceptors (Lipinski definition) is 3. The topological polar surface area (TPSA) is 57.6 Å². The Morgan fingerprint density at radius 1 is 0.974 bits per heavy atom. The van der Waals surface area contributed by atoms with Crippen LogP contribution in [-0.4, -0.2) is 40.2 Å². The molecule has 1 aromatic heterocycles. The summed E-state index contributed by atoms with van der Waals surface area (Å²) in [5.74, 6) is -0.144. The van der Waals surface area contributed by atoms with Gasteiger partial charge in [0.15, 0.2) is 0 Å². The average molecular weight is 543 g/mol. The van der Waals surface area contributed by atoms with Crippen LogP contribution < -0.4 is 10.2 Å². The maximum absolute atomic E-state index is 14.2. The highest BCUT2D eigenvalue weighted by Gasteiger charge is 2.40. The van der Waals surface area contributed by atoms with E-state index in [1.165, 1.54) is 0 Å². The average Bonchev–Trinajstić information content (AvgIpc) is 3.66. The Balaban J connectivity index is 1.34. The molecule has 0 saturated heterocycles. The van der Waals surface area contributed by atoms with Crippen LogP contribution in [0.5, 0.6) is 0 Å². The first-order chi connectivity index (χ1) is 18.5. The number of rotatable bonds is 6. The lowest BCUT2D eigenvalue weighted by atomic mass is 9.97. The van der Waals surface area contributed by atoms with Gasteiger partial charge in [0.05, 0.1) is 17.1 Å². The molecule has 1 aliphatic carbocycles. The number of anilines is 2. The largest absolute Gasteiger partial charge is 0.322 e. The van der Waals surface area contributed by atoms with Crippen LogP contribution in [-0.2, 0) is 4.79 Å². The Morgan fingerprint density at radius 2 is 1.74 bits per heavy atom. The molecule has 8 heteroatoms. The number of aromatic nitrogens is 1. The molecule has 1 unspecified atom stereocenters. The molecule has 0 spiro atoms. The van der Waals surface area contributed by atoms with Gasteiger partial charge in [-0.3, -0.25) is 9.69 Å². The van der Waals surface area contributed by atoms with Crippen molar-refractivity contribution in [3.05, 3.63) is 107 Å². The number of nitrogens with zero attached hydrogens (tertiary/aromatic N) is 3. The lowest BCUT2D eigenvalue weighted by Crippen LogP contribution is -2.48. The molecule has 38 heavy (non-hydrogen) atoms. The van der Waals surface area contributed by atoms with E-state index in [9.17, 15) is 9.59 Å². The van der Waals surface area contributed by atoms with E-state index in [2.05, 4.69) is 9.88 Å². The van der Waals surface area contributed by atoms with E-state index < -0.39 is 0 Å². The maximum atomic E-state index is 14.2. The van der Waals surface area contributed by atoms with Crippen molar-refractivity contribution in [3.8, 4) is 5.69 Å². The van der Waals surface area contributed by atoms with Crippen LogP contribution in [0.25, 0.3) is 5.69 Å². The Morgan fingerprint density at radius 3 is 2.45 bits per heavy atom. The molecule has 1 N–H and O–H groups in total. The predicted molar refractivity (Wildman–Crippen MR) is 154 cm³/mol. The number of fused-ring (bicyclic) bond motifs is 3. The van der Waals surface area contributed by atoms with Crippen molar-refractivity contribution >= 4 is 46.7 Å². The minimum Gasteiger partial charge on any atom is -0.316 e. The van der Waals surface area contributed by atoms with Crippen molar-refractivity contribution in [2.75, 3.05) is 23.0 Å².